The van der Waals surface area contributed by atoms with Crippen LogP contribution in [-0.2, 0) is 9.59 Å². The van der Waals surface area contributed by atoms with Gasteiger partial charge in [-0.05, 0) is 24.8 Å². The maximum Gasteiger partial charge on any atom is 0.343 e. The van der Waals surface area contributed by atoms with Gasteiger partial charge in [0.25, 0.3) is 0 Å². The summed E-state index contributed by atoms with van der Waals surface area (Å²) in [5.74, 6) is -2.68. The lowest BCUT2D eigenvalue weighted by Gasteiger charge is -2.06. The molecule has 0 saturated heterocycles. The van der Waals surface area contributed by atoms with Crippen molar-refractivity contribution in [3.8, 4) is 0 Å². The van der Waals surface area contributed by atoms with Gasteiger partial charge in [-0.1, -0.05) is 20.3 Å². The molecule has 0 aliphatic rings. The van der Waals surface area contributed by atoms with Crippen molar-refractivity contribution < 1.29 is 19.8 Å². The van der Waals surface area contributed by atoms with Crippen LogP contribution in [0, 0.1) is 0 Å². The van der Waals surface area contributed by atoms with Gasteiger partial charge in [-0.3, -0.25) is 0 Å². The van der Waals surface area contributed by atoms with E-state index in [2.05, 4.69) is 0 Å². The second-order valence-corrected chi connectivity index (χ2v) is 3.05. The summed E-state index contributed by atoms with van der Waals surface area (Å²) >= 11 is 0. The first-order valence-corrected chi connectivity index (χ1v) is 4.73. The minimum absolute atomic E-state index is 0.457. The van der Waals surface area contributed by atoms with Gasteiger partial charge in [-0.2, -0.15) is 0 Å². The van der Waals surface area contributed by atoms with Crippen LogP contribution in [0.15, 0.2) is 11.1 Å². The molecule has 0 aromatic heterocycles. The van der Waals surface area contributed by atoms with Gasteiger partial charge in [0.15, 0.2) is 0 Å². The quantitative estimate of drug-likeness (QED) is 0.391. The molecule has 0 radical (unpaired) electrons. The topological polar surface area (TPSA) is 74.6 Å². The zero-order valence-corrected chi connectivity index (χ0v) is 8.54. The highest BCUT2D eigenvalue weighted by atomic mass is 16.4. The predicted octanol–water partition coefficient (Wildman–Crippen LogP) is 2.05. The Morgan fingerprint density at radius 1 is 1.07 bits per heavy atom. The summed E-state index contributed by atoms with van der Waals surface area (Å²) in [6.07, 6.45) is 2.79. The summed E-state index contributed by atoms with van der Waals surface area (Å²) in [5, 5.41) is 17.4. The first kappa shape index (κ1) is 12.7. The van der Waals surface area contributed by atoms with Crippen molar-refractivity contribution in [1.29, 1.82) is 0 Å². The number of hydrogen-bond acceptors (Lipinski definition) is 2. The van der Waals surface area contributed by atoms with Crippen molar-refractivity contribution >= 4 is 11.9 Å². The molecule has 0 aliphatic heterocycles. The molecule has 0 aliphatic carbocycles. The Morgan fingerprint density at radius 3 is 1.86 bits per heavy atom. The van der Waals surface area contributed by atoms with Crippen molar-refractivity contribution in [2.45, 2.75) is 39.5 Å². The summed E-state index contributed by atoms with van der Waals surface area (Å²) in [6, 6.07) is 0. The molecule has 0 bridgehead atoms. The van der Waals surface area contributed by atoms with Crippen LogP contribution in [-0.4, -0.2) is 22.2 Å². The predicted molar refractivity (Wildman–Crippen MR) is 52.1 cm³/mol. The fraction of sp³-hybridized carbons (Fsp3) is 0.600. The Balaban J connectivity index is 4.89. The van der Waals surface area contributed by atoms with Gasteiger partial charge in [-0.15, -0.1) is 0 Å². The number of aliphatic carboxylic acids is 2. The van der Waals surface area contributed by atoms with Gasteiger partial charge in [0.1, 0.15) is 5.57 Å². The zero-order chi connectivity index (χ0) is 11.1. The van der Waals surface area contributed by atoms with Crippen molar-refractivity contribution in [2.75, 3.05) is 0 Å². The highest BCUT2D eigenvalue weighted by Gasteiger charge is 2.20. The number of carboxylic acids is 2. The normalized spacial score (nSPS) is 9.57. The van der Waals surface area contributed by atoms with E-state index < -0.39 is 17.5 Å². The lowest BCUT2D eigenvalue weighted by molar-refractivity contribution is -0.140. The second-order valence-electron chi connectivity index (χ2n) is 3.05. The molecule has 14 heavy (non-hydrogen) atoms. The molecule has 0 aromatic carbocycles. The molecule has 0 spiro atoms. The molecule has 0 rings (SSSR count). The molecule has 0 amide bonds. The second kappa shape index (κ2) is 6.18. The van der Waals surface area contributed by atoms with Gasteiger partial charge >= 0.3 is 11.9 Å². The average molecular weight is 200 g/mol. The van der Waals surface area contributed by atoms with Crippen LogP contribution in [0.4, 0.5) is 0 Å². The fourth-order valence-electron chi connectivity index (χ4n) is 1.26. The Bertz CT molecular complexity index is 237. The van der Waals surface area contributed by atoms with Crippen molar-refractivity contribution in [3.05, 3.63) is 11.1 Å². The van der Waals surface area contributed by atoms with Gasteiger partial charge in [-0.25, -0.2) is 9.59 Å². The highest BCUT2D eigenvalue weighted by molar-refractivity contribution is 6.13. The molecule has 0 heterocycles. The number of rotatable bonds is 6. The average Bonchev–Trinajstić information content (AvgIpc) is 2.10. The van der Waals surface area contributed by atoms with Gasteiger partial charge in [0.05, 0.1) is 0 Å². The smallest absolute Gasteiger partial charge is 0.343 e. The van der Waals surface area contributed by atoms with E-state index in [9.17, 15) is 9.59 Å². The third kappa shape index (κ3) is 3.60. The van der Waals surface area contributed by atoms with E-state index in [1.54, 1.807) is 6.92 Å². The number of allylic oxidation sites excluding steroid dienone is 1. The van der Waals surface area contributed by atoms with E-state index >= 15 is 0 Å². The summed E-state index contributed by atoms with van der Waals surface area (Å²) in [4.78, 5) is 21.3. The molecule has 4 heteroatoms. The third-order valence-electron chi connectivity index (χ3n) is 2.04. The zero-order valence-electron chi connectivity index (χ0n) is 8.54. The number of carbonyl (C=O) groups is 2. The van der Waals surface area contributed by atoms with Crippen LogP contribution in [0.2, 0.25) is 0 Å². The van der Waals surface area contributed by atoms with E-state index in [-0.39, 0.29) is 0 Å². The van der Waals surface area contributed by atoms with Crippen molar-refractivity contribution in [1.82, 2.24) is 0 Å². The lowest BCUT2D eigenvalue weighted by Crippen LogP contribution is -2.14. The first-order chi connectivity index (χ1) is 6.54. The van der Waals surface area contributed by atoms with E-state index in [1.807, 2.05) is 6.92 Å². The maximum absolute atomic E-state index is 10.7. The molecular weight excluding hydrogens is 184 g/mol. The third-order valence-corrected chi connectivity index (χ3v) is 2.04. The van der Waals surface area contributed by atoms with Crippen LogP contribution in [0.5, 0.6) is 0 Å². The fourth-order valence-corrected chi connectivity index (χ4v) is 1.26. The Kier molecular flexibility index (Phi) is 5.60. The summed E-state index contributed by atoms with van der Waals surface area (Å²) in [6.45, 7) is 3.76. The number of carboxylic acid groups (broad SMARTS) is 2. The molecule has 0 fully saturated rings. The maximum atomic E-state index is 10.7. The Hall–Kier alpha value is -1.32. The summed E-state index contributed by atoms with van der Waals surface area (Å²) in [7, 11) is 0. The molecule has 0 aromatic rings. The first-order valence-electron chi connectivity index (χ1n) is 4.73. The van der Waals surface area contributed by atoms with Crippen LogP contribution in [0.3, 0.4) is 0 Å². The Morgan fingerprint density at radius 2 is 1.57 bits per heavy atom. The standard InChI is InChI=1S/C10H16O4/c1-3-5-6-7(4-2)8(9(11)12)10(13)14/h3-6H2,1-2H3,(H,11,12)(H,13,14). The van der Waals surface area contributed by atoms with Crippen LogP contribution >= 0.6 is 0 Å². The minimum atomic E-state index is -1.34. The SMILES string of the molecule is CCCCC(CC)=C(C(=O)O)C(=O)O. The molecule has 0 saturated carbocycles. The summed E-state index contributed by atoms with van der Waals surface area (Å²) < 4.78 is 0. The van der Waals surface area contributed by atoms with Crippen LogP contribution < -0.4 is 0 Å². The Labute approximate surface area is 83.2 Å². The minimum Gasteiger partial charge on any atom is -0.477 e. The summed E-state index contributed by atoms with van der Waals surface area (Å²) in [5.41, 5.74) is 0.0628. The van der Waals surface area contributed by atoms with E-state index in [0.29, 0.717) is 18.4 Å². The molecule has 0 atom stereocenters. The monoisotopic (exact) mass is 200 g/mol. The molecule has 2 N–H and O–H groups in total. The van der Waals surface area contributed by atoms with Crippen LogP contribution in [0.1, 0.15) is 39.5 Å². The van der Waals surface area contributed by atoms with Crippen molar-refractivity contribution in [3.63, 3.8) is 0 Å². The van der Waals surface area contributed by atoms with Crippen LogP contribution in [0.25, 0.3) is 0 Å². The van der Waals surface area contributed by atoms with Gasteiger partial charge in [0, 0.05) is 0 Å². The van der Waals surface area contributed by atoms with E-state index in [4.69, 9.17) is 10.2 Å². The van der Waals surface area contributed by atoms with Gasteiger partial charge < -0.3 is 10.2 Å². The highest BCUT2D eigenvalue weighted by Crippen LogP contribution is 2.16. The number of unbranched alkanes of at least 4 members (excludes halogenated alkanes) is 1. The molecule has 80 valence electrons. The largest absolute Gasteiger partial charge is 0.477 e. The molecular formula is C10H16O4. The van der Waals surface area contributed by atoms with E-state index in [0.717, 1.165) is 12.8 Å². The number of hydrogen-bond donors (Lipinski definition) is 2. The lowest BCUT2D eigenvalue weighted by atomic mass is 10.00. The van der Waals surface area contributed by atoms with Gasteiger partial charge in [0.2, 0.25) is 0 Å². The molecule has 4 nitrogen and oxygen atoms in total. The molecule has 0 unspecified atom stereocenters. The van der Waals surface area contributed by atoms with Crippen molar-refractivity contribution in [2.24, 2.45) is 0 Å². The van der Waals surface area contributed by atoms with E-state index in [1.165, 1.54) is 0 Å².